The third kappa shape index (κ3) is 5.05. The van der Waals surface area contributed by atoms with Crippen LogP contribution in [0.25, 0.3) is 16.7 Å². The molecule has 2 aromatic heterocycles. The van der Waals surface area contributed by atoms with Crippen LogP contribution in [0.4, 0.5) is 0 Å². The molecule has 0 aliphatic heterocycles. The quantitative estimate of drug-likeness (QED) is 0.393. The molecular weight excluding hydrogens is 470 g/mol. The van der Waals surface area contributed by atoms with Crippen LogP contribution >= 0.6 is 11.6 Å². The van der Waals surface area contributed by atoms with Crippen molar-refractivity contribution < 1.29 is 14.3 Å². The molecule has 1 atom stereocenters. The highest BCUT2D eigenvalue weighted by molar-refractivity contribution is 6.30. The summed E-state index contributed by atoms with van der Waals surface area (Å²) in [6, 6.07) is 11.1. The highest BCUT2D eigenvalue weighted by Gasteiger charge is 2.25. The van der Waals surface area contributed by atoms with Crippen molar-refractivity contribution in [3.8, 4) is 0 Å². The molecule has 1 N–H and O–H groups in total. The van der Waals surface area contributed by atoms with Crippen LogP contribution in [-0.4, -0.2) is 37.1 Å². The average molecular weight is 496 g/mol. The summed E-state index contributed by atoms with van der Waals surface area (Å²) in [4.78, 5) is 38.4. The first kappa shape index (κ1) is 24.4. The van der Waals surface area contributed by atoms with Gasteiger partial charge in [-0.3, -0.25) is 18.6 Å². The maximum atomic E-state index is 13.0. The lowest BCUT2D eigenvalue weighted by atomic mass is 10.0. The molecule has 0 fully saturated rings. The van der Waals surface area contributed by atoms with E-state index in [1.807, 2.05) is 32.9 Å². The summed E-state index contributed by atoms with van der Waals surface area (Å²) in [5.41, 5.74) is 1.78. The van der Waals surface area contributed by atoms with Crippen molar-refractivity contribution in [3.63, 3.8) is 0 Å². The van der Waals surface area contributed by atoms with E-state index in [1.165, 1.54) is 4.57 Å². The Bertz CT molecular complexity index is 1470. The third-order valence-corrected chi connectivity index (χ3v) is 5.94. The number of hydrogen-bond donors (Lipinski definition) is 1. The minimum absolute atomic E-state index is 0.133. The smallest absolute Gasteiger partial charge is 0.329 e. The number of nitrogens with zero attached hydrogens (tertiary/aromatic N) is 4. The number of halogens is 1. The van der Waals surface area contributed by atoms with Crippen molar-refractivity contribution >= 4 is 40.2 Å². The SMILES string of the molecule is Cc1ccc2c(c1)c(=O)n(C)c1nnc(COC(=O)C(CC(C)C)NC(=O)c3ccc(Cl)cc3)n21. The molecule has 0 aliphatic carbocycles. The number of hydrogen-bond acceptors (Lipinski definition) is 6. The number of carbonyl (C=O) groups is 2. The zero-order valence-electron chi connectivity index (χ0n) is 19.9. The lowest BCUT2D eigenvalue weighted by Gasteiger charge is -2.19. The number of aromatic nitrogens is 4. The second-order valence-electron chi connectivity index (χ2n) is 8.91. The largest absolute Gasteiger partial charge is 0.456 e. The Hall–Kier alpha value is -3.72. The molecular formula is C25H26ClN5O4. The fourth-order valence-electron chi connectivity index (χ4n) is 3.92. The predicted molar refractivity (Wildman–Crippen MR) is 132 cm³/mol. The molecule has 0 aliphatic rings. The third-order valence-electron chi connectivity index (χ3n) is 5.69. The molecule has 2 heterocycles. The van der Waals surface area contributed by atoms with Gasteiger partial charge in [0.05, 0.1) is 10.9 Å². The summed E-state index contributed by atoms with van der Waals surface area (Å²) in [5.74, 6) is -0.137. The van der Waals surface area contributed by atoms with Gasteiger partial charge in [0.25, 0.3) is 11.5 Å². The Balaban J connectivity index is 1.58. The van der Waals surface area contributed by atoms with E-state index in [0.717, 1.165) is 5.56 Å². The molecule has 9 nitrogen and oxygen atoms in total. The van der Waals surface area contributed by atoms with Crippen LogP contribution in [0, 0.1) is 12.8 Å². The lowest BCUT2D eigenvalue weighted by molar-refractivity contribution is -0.148. The maximum absolute atomic E-state index is 13.0. The fraction of sp³-hybridized carbons (Fsp3) is 0.320. The monoisotopic (exact) mass is 495 g/mol. The van der Waals surface area contributed by atoms with Crippen molar-refractivity contribution in [3.05, 3.63) is 74.8 Å². The van der Waals surface area contributed by atoms with Gasteiger partial charge >= 0.3 is 5.97 Å². The van der Waals surface area contributed by atoms with E-state index in [-0.39, 0.29) is 18.1 Å². The topological polar surface area (TPSA) is 108 Å². The summed E-state index contributed by atoms with van der Waals surface area (Å²) in [6.07, 6.45) is 0.398. The molecule has 4 aromatic rings. The molecule has 0 spiro atoms. The zero-order valence-corrected chi connectivity index (χ0v) is 20.7. The van der Waals surface area contributed by atoms with Gasteiger partial charge in [-0.15, -0.1) is 10.2 Å². The first-order chi connectivity index (χ1) is 16.7. The standard InChI is InChI=1S/C25H26ClN5O4/c1-14(2)11-19(27-22(32)16-6-8-17(26)9-7-16)24(34)35-13-21-28-29-25-30(4)23(33)18-12-15(3)5-10-20(18)31(21)25/h5-10,12,14,19H,11,13H2,1-4H3,(H,27,32). The summed E-state index contributed by atoms with van der Waals surface area (Å²) >= 11 is 5.90. The Labute approximate surface area is 206 Å². The average Bonchev–Trinajstić information content (AvgIpc) is 3.24. The Morgan fingerprint density at radius 3 is 2.51 bits per heavy atom. The van der Waals surface area contributed by atoms with Crippen molar-refractivity contribution in [1.29, 1.82) is 0 Å². The highest BCUT2D eigenvalue weighted by atomic mass is 35.5. The number of fused-ring (bicyclic) bond motifs is 3. The molecule has 1 unspecified atom stereocenters. The first-order valence-electron chi connectivity index (χ1n) is 11.2. The molecule has 0 radical (unpaired) electrons. The molecule has 1 amide bonds. The van der Waals surface area contributed by atoms with Gasteiger partial charge in [0.15, 0.2) is 12.4 Å². The van der Waals surface area contributed by atoms with Gasteiger partial charge in [0, 0.05) is 17.6 Å². The van der Waals surface area contributed by atoms with E-state index in [0.29, 0.717) is 39.5 Å². The molecule has 4 rings (SSSR count). The Morgan fingerprint density at radius 1 is 1.11 bits per heavy atom. The summed E-state index contributed by atoms with van der Waals surface area (Å²) in [7, 11) is 1.62. The molecule has 10 heteroatoms. The molecule has 0 saturated heterocycles. The number of ether oxygens (including phenoxy) is 1. The molecule has 0 bridgehead atoms. The van der Waals surface area contributed by atoms with Crippen LogP contribution in [0.15, 0.2) is 47.3 Å². The first-order valence-corrected chi connectivity index (χ1v) is 11.6. The van der Waals surface area contributed by atoms with Crippen molar-refractivity contribution in [2.24, 2.45) is 13.0 Å². The van der Waals surface area contributed by atoms with Gasteiger partial charge in [-0.05, 0) is 55.7 Å². The summed E-state index contributed by atoms with van der Waals surface area (Å²) < 4.78 is 8.68. The number of esters is 1. The van der Waals surface area contributed by atoms with Crippen LogP contribution in [-0.2, 0) is 23.2 Å². The molecule has 182 valence electrons. The fourth-order valence-corrected chi connectivity index (χ4v) is 4.04. The number of rotatable bonds is 7. The second-order valence-corrected chi connectivity index (χ2v) is 9.34. The normalized spacial score (nSPS) is 12.3. The van der Waals surface area contributed by atoms with Crippen LogP contribution in [0.3, 0.4) is 0 Å². The van der Waals surface area contributed by atoms with E-state index >= 15 is 0 Å². The van der Waals surface area contributed by atoms with E-state index < -0.39 is 17.9 Å². The van der Waals surface area contributed by atoms with Crippen molar-refractivity contribution in [2.75, 3.05) is 0 Å². The second kappa shape index (κ2) is 9.87. The van der Waals surface area contributed by atoms with E-state index in [4.69, 9.17) is 16.3 Å². The number of benzene rings is 2. The van der Waals surface area contributed by atoms with E-state index in [2.05, 4.69) is 15.5 Å². The van der Waals surface area contributed by atoms with Crippen LogP contribution in [0.5, 0.6) is 0 Å². The molecule has 2 aromatic carbocycles. The minimum Gasteiger partial charge on any atom is -0.456 e. The lowest BCUT2D eigenvalue weighted by Crippen LogP contribution is -2.42. The maximum Gasteiger partial charge on any atom is 0.329 e. The predicted octanol–water partition coefficient (Wildman–Crippen LogP) is 3.43. The summed E-state index contributed by atoms with van der Waals surface area (Å²) in [6.45, 7) is 5.64. The highest BCUT2D eigenvalue weighted by Crippen LogP contribution is 2.17. The van der Waals surface area contributed by atoms with E-state index in [1.54, 1.807) is 41.8 Å². The Kier molecular flexibility index (Phi) is 6.88. The van der Waals surface area contributed by atoms with Gasteiger partial charge in [0.2, 0.25) is 5.78 Å². The molecule has 35 heavy (non-hydrogen) atoms. The van der Waals surface area contributed by atoms with Crippen LogP contribution < -0.4 is 10.9 Å². The Morgan fingerprint density at radius 2 is 1.83 bits per heavy atom. The number of nitrogens with one attached hydrogen (secondary N) is 1. The van der Waals surface area contributed by atoms with Crippen LogP contribution in [0.2, 0.25) is 5.02 Å². The van der Waals surface area contributed by atoms with Gasteiger partial charge < -0.3 is 10.1 Å². The minimum atomic E-state index is -0.846. The summed E-state index contributed by atoms with van der Waals surface area (Å²) in [5, 5.41) is 12.1. The van der Waals surface area contributed by atoms with Crippen LogP contribution in [0.1, 0.15) is 42.0 Å². The van der Waals surface area contributed by atoms with Crippen molar-refractivity contribution in [2.45, 2.75) is 39.8 Å². The zero-order chi connectivity index (χ0) is 25.3. The molecule has 0 saturated carbocycles. The van der Waals surface area contributed by atoms with Gasteiger partial charge in [0.1, 0.15) is 6.04 Å². The van der Waals surface area contributed by atoms with Crippen molar-refractivity contribution in [1.82, 2.24) is 24.5 Å². The van der Waals surface area contributed by atoms with Gasteiger partial charge in [-0.25, -0.2) is 4.79 Å². The van der Waals surface area contributed by atoms with Gasteiger partial charge in [-0.1, -0.05) is 37.1 Å². The van der Waals surface area contributed by atoms with Gasteiger partial charge in [-0.2, -0.15) is 0 Å². The number of carbonyl (C=O) groups excluding carboxylic acids is 2. The number of aryl methyl sites for hydroxylation is 2. The number of amides is 1. The van der Waals surface area contributed by atoms with E-state index in [9.17, 15) is 14.4 Å².